The summed E-state index contributed by atoms with van der Waals surface area (Å²) in [6.45, 7) is 7.42. The van der Waals surface area contributed by atoms with Crippen LogP contribution in [0.25, 0.3) is 0 Å². The molecule has 0 aromatic rings. The van der Waals surface area contributed by atoms with Crippen molar-refractivity contribution in [1.29, 1.82) is 0 Å². The summed E-state index contributed by atoms with van der Waals surface area (Å²) in [6.07, 6.45) is 17.4. The Labute approximate surface area is 190 Å². The Morgan fingerprint density at radius 2 is 1.45 bits per heavy atom. The van der Waals surface area contributed by atoms with Gasteiger partial charge in [0.25, 0.3) is 0 Å². The van der Waals surface area contributed by atoms with Gasteiger partial charge in [0.2, 0.25) is 0 Å². The van der Waals surface area contributed by atoms with Crippen LogP contribution in [0.2, 0.25) is 0 Å². The van der Waals surface area contributed by atoms with Crippen LogP contribution >= 0.6 is 0 Å². The largest absolute Gasteiger partial charge is 0.481 e. The molecule has 6 unspecified atom stereocenters. The van der Waals surface area contributed by atoms with Gasteiger partial charge < -0.3 is 9.84 Å². The maximum atomic E-state index is 12.7. The van der Waals surface area contributed by atoms with Crippen LogP contribution in [0.5, 0.6) is 0 Å². The number of carbonyl (C=O) groups excluding carboxylic acids is 1. The summed E-state index contributed by atoms with van der Waals surface area (Å²) in [5, 5.41) is 9.47. The van der Waals surface area contributed by atoms with Crippen molar-refractivity contribution in [2.45, 2.75) is 117 Å². The van der Waals surface area contributed by atoms with Crippen LogP contribution in [0.4, 0.5) is 0 Å². The van der Waals surface area contributed by atoms with Crippen molar-refractivity contribution in [2.75, 3.05) is 6.61 Å². The maximum absolute atomic E-state index is 12.7. The summed E-state index contributed by atoms with van der Waals surface area (Å²) in [4.78, 5) is 24.3. The molecule has 0 saturated heterocycles. The van der Waals surface area contributed by atoms with E-state index in [2.05, 4.69) is 20.8 Å². The maximum Gasteiger partial charge on any atom is 0.309 e. The lowest BCUT2D eigenvalue weighted by molar-refractivity contribution is -0.161. The highest BCUT2D eigenvalue weighted by Crippen LogP contribution is 2.44. The zero-order valence-corrected chi connectivity index (χ0v) is 20.4. The molecule has 4 heteroatoms. The Bertz CT molecular complexity index is 531. The van der Waals surface area contributed by atoms with Crippen LogP contribution in [0.1, 0.15) is 117 Å². The average Bonchev–Trinajstić information content (AvgIpc) is 2.77. The molecule has 180 valence electrons. The number of aliphatic carboxylic acids is 1. The van der Waals surface area contributed by atoms with Crippen molar-refractivity contribution >= 4 is 11.9 Å². The van der Waals surface area contributed by atoms with E-state index >= 15 is 0 Å². The van der Waals surface area contributed by atoms with Crippen LogP contribution < -0.4 is 0 Å². The van der Waals surface area contributed by atoms with Crippen molar-refractivity contribution < 1.29 is 19.4 Å². The third kappa shape index (κ3) is 8.09. The lowest BCUT2D eigenvalue weighted by atomic mass is 9.64. The molecular weight excluding hydrogens is 388 g/mol. The molecule has 6 atom stereocenters. The summed E-state index contributed by atoms with van der Waals surface area (Å²) in [7, 11) is 0. The first-order valence-electron chi connectivity index (χ1n) is 13.4. The topological polar surface area (TPSA) is 63.6 Å². The Morgan fingerprint density at radius 1 is 0.806 bits per heavy atom. The van der Waals surface area contributed by atoms with Gasteiger partial charge in [0.15, 0.2) is 0 Å². The fourth-order valence-electron chi connectivity index (χ4n) is 6.31. The smallest absolute Gasteiger partial charge is 0.309 e. The highest BCUT2D eigenvalue weighted by Gasteiger charge is 2.39. The number of unbranched alkanes of at least 4 members (excludes halogenated alkanes) is 5. The number of ether oxygens (including phenoxy) is 1. The number of carboxylic acid groups (broad SMARTS) is 1. The fourth-order valence-corrected chi connectivity index (χ4v) is 6.31. The molecule has 31 heavy (non-hydrogen) atoms. The minimum atomic E-state index is -0.839. The molecule has 0 aromatic carbocycles. The van der Waals surface area contributed by atoms with E-state index in [0.29, 0.717) is 31.3 Å². The molecule has 0 amide bonds. The number of esters is 1. The van der Waals surface area contributed by atoms with Gasteiger partial charge in [0.1, 0.15) is 0 Å². The van der Waals surface area contributed by atoms with Crippen LogP contribution in [0.3, 0.4) is 0 Å². The summed E-state index contributed by atoms with van der Waals surface area (Å²) >= 11 is 0. The van der Waals surface area contributed by atoms with E-state index in [9.17, 15) is 14.7 Å². The zero-order chi connectivity index (χ0) is 22.6. The number of hydrogen-bond donors (Lipinski definition) is 1. The quantitative estimate of drug-likeness (QED) is 0.244. The SMILES string of the molecule is CCCCCCCCC1C(CCC)CCC(COC(=O)C2CCCCC2C(=O)O)C1C. The van der Waals surface area contributed by atoms with Crippen LogP contribution in [0, 0.1) is 35.5 Å². The van der Waals surface area contributed by atoms with Gasteiger partial charge in [-0.25, -0.2) is 0 Å². The van der Waals surface area contributed by atoms with Gasteiger partial charge in [-0.05, 0) is 55.8 Å². The zero-order valence-electron chi connectivity index (χ0n) is 20.4. The second-order valence-corrected chi connectivity index (χ2v) is 10.4. The summed E-state index contributed by atoms with van der Waals surface area (Å²) in [5.74, 6) is 0.458. The lowest BCUT2D eigenvalue weighted by Crippen LogP contribution is -2.38. The minimum Gasteiger partial charge on any atom is -0.481 e. The average molecular weight is 437 g/mol. The van der Waals surface area contributed by atoms with Crippen molar-refractivity contribution in [3.63, 3.8) is 0 Å². The Hall–Kier alpha value is -1.06. The number of carbonyl (C=O) groups is 2. The molecule has 0 radical (unpaired) electrons. The van der Waals surface area contributed by atoms with Gasteiger partial charge in [0, 0.05) is 0 Å². The molecule has 2 aliphatic rings. The Balaban J connectivity index is 1.86. The van der Waals surface area contributed by atoms with Crippen LogP contribution in [-0.2, 0) is 14.3 Å². The number of carboxylic acids is 1. The van der Waals surface area contributed by atoms with Gasteiger partial charge in [-0.1, -0.05) is 85.0 Å². The fraction of sp³-hybridized carbons (Fsp3) is 0.926. The predicted octanol–water partition coefficient (Wildman–Crippen LogP) is 7.25. The minimum absolute atomic E-state index is 0.262. The van der Waals surface area contributed by atoms with E-state index < -0.39 is 17.8 Å². The molecule has 0 bridgehead atoms. The van der Waals surface area contributed by atoms with Crippen molar-refractivity contribution in [1.82, 2.24) is 0 Å². The van der Waals surface area contributed by atoms with E-state index in [0.717, 1.165) is 31.1 Å². The molecule has 2 aliphatic carbocycles. The van der Waals surface area contributed by atoms with E-state index in [1.165, 1.54) is 64.2 Å². The van der Waals surface area contributed by atoms with Crippen LogP contribution in [0.15, 0.2) is 0 Å². The highest BCUT2D eigenvalue weighted by atomic mass is 16.5. The molecule has 2 fully saturated rings. The first kappa shape index (κ1) is 26.2. The van der Waals surface area contributed by atoms with Gasteiger partial charge in [-0.15, -0.1) is 0 Å². The first-order chi connectivity index (χ1) is 15.0. The van der Waals surface area contributed by atoms with Crippen molar-refractivity contribution in [3.05, 3.63) is 0 Å². The van der Waals surface area contributed by atoms with Gasteiger partial charge in [-0.3, -0.25) is 9.59 Å². The first-order valence-corrected chi connectivity index (χ1v) is 13.4. The summed E-state index contributed by atoms with van der Waals surface area (Å²) in [5.41, 5.74) is 0. The van der Waals surface area contributed by atoms with Crippen LogP contribution in [-0.4, -0.2) is 23.7 Å². The van der Waals surface area contributed by atoms with Gasteiger partial charge >= 0.3 is 11.9 Å². The number of rotatable bonds is 13. The molecule has 2 rings (SSSR count). The van der Waals surface area contributed by atoms with Gasteiger partial charge in [-0.2, -0.15) is 0 Å². The summed E-state index contributed by atoms with van der Waals surface area (Å²) < 4.78 is 5.78. The molecule has 0 aliphatic heterocycles. The Morgan fingerprint density at radius 3 is 2.13 bits per heavy atom. The van der Waals surface area contributed by atoms with E-state index in [-0.39, 0.29) is 5.97 Å². The van der Waals surface area contributed by atoms with Gasteiger partial charge in [0.05, 0.1) is 18.4 Å². The van der Waals surface area contributed by atoms with E-state index in [1.54, 1.807) is 0 Å². The molecule has 0 aromatic heterocycles. The molecular formula is C27H48O4. The van der Waals surface area contributed by atoms with E-state index in [1.807, 2.05) is 0 Å². The molecule has 4 nitrogen and oxygen atoms in total. The third-order valence-corrected chi connectivity index (χ3v) is 8.31. The second kappa shape index (κ2) is 14.2. The highest BCUT2D eigenvalue weighted by molar-refractivity contribution is 5.81. The summed E-state index contributed by atoms with van der Waals surface area (Å²) in [6, 6.07) is 0. The van der Waals surface area contributed by atoms with Crippen molar-refractivity contribution in [3.8, 4) is 0 Å². The third-order valence-electron chi connectivity index (χ3n) is 8.31. The second-order valence-electron chi connectivity index (χ2n) is 10.4. The normalized spacial score (nSPS) is 31.3. The molecule has 0 heterocycles. The molecule has 0 spiro atoms. The Kier molecular flexibility index (Phi) is 12.0. The number of hydrogen-bond acceptors (Lipinski definition) is 3. The monoisotopic (exact) mass is 436 g/mol. The molecule has 2 saturated carbocycles. The van der Waals surface area contributed by atoms with E-state index in [4.69, 9.17) is 4.74 Å². The lowest BCUT2D eigenvalue weighted by Gasteiger charge is -2.42. The molecule has 1 N–H and O–H groups in total. The standard InChI is InChI=1S/C27H48O4/c1-4-6-7-8-9-10-14-23-20(3)22(18-17-21(23)13-5-2)19-31-27(30)25-16-12-11-15-24(25)26(28)29/h20-25H,4-19H2,1-3H3,(H,28,29). The van der Waals surface area contributed by atoms with Crippen molar-refractivity contribution in [2.24, 2.45) is 35.5 Å². The predicted molar refractivity (Wildman–Crippen MR) is 126 cm³/mol.